The van der Waals surface area contributed by atoms with Gasteiger partial charge in [0, 0.05) is 0 Å². The molecule has 0 atom stereocenters. The summed E-state index contributed by atoms with van der Waals surface area (Å²) in [5.41, 5.74) is 7.77. The van der Waals surface area contributed by atoms with Crippen molar-refractivity contribution in [1.82, 2.24) is 5.32 Å². The van der Waals surface area contributed by atoms with Crippen LogP contribution in [0.3, 0.4) is 0 Å². The molecule has 0 saturated heterocycles. The number of nitrogens with one attached hydrogen (secondary N) is 1. The molecule has 1 rings (SSSR count). The lowest BCUT2D eigenvalue weighted by Crippen LogP contribution is -2.11. The fraction of sp³-hybridized carbons (Fsp3) is 0.533. The molecule has 1 aromatic rings. The molecule has 5 nitrogen and oxygen atoms in total. The summed E-state index contributed by atoms with van der Waals surface area (Å²) in [6.45, 7) is 3.92. The highest BCUT2D eigenvalue weighted by Crippen LogP contribution is 2.26. The van der Waals surface area contributed by atoms with Crippen LogP contribution in [0.5, 0.6) is 5.75 Å². The van der Waals surface area contributed by atoms with Gasteiger partial charge < -0.3 is 20.9 Å². The molecule has 0 amide bonds. The average molecular weight is 280 g/mol. The lowest BCUT2D eigenvalue weighted by molar-refractivity contribution is 0.0696. The molecule has 20 heavy (non-hydrogen) atoms. The van der Waals surface area contributed by atoms with Crippen molar-refractivity contribution in [3.8, 4) is 5.75 Å². The first-order chi connectivity index (χ1) is 9.60. The molecular formula is C15H24N2O3. The Labute approximate surface area is 120 Å². The second-order valence-corrected chi connectivity index (χ2v) is 4.77. The van der Waals surface area contributed by atoms with Crippen LogP contribution < -0.4 is 15.8 Å². The van der Waals surface area contributed by atoms with Crippen LogP contribution in [0.4, 0.5) is 0 Å². The standard InChI is InChI=1S/C15H24N2O3/c1-11-9-12(15(18)19)10-14(20-8-4-6-16)13(11)5-3-7-17-2/h9-10,17H,3-8,16H2,1-2H3,(H,18,19). The first-order valence-electron chi connectivity index (χ1n) is 6.94. The first kappa shape index (κ1) is 16.5. The summed E-state index contributed by atoms with van der Waals surface area (Å²) in [4.78, 5) is 11.1. The Morgan fingerprint density at radius 3 is 2.75 bits per heavy atom. The topological polar surface area (TPSA) is 84.6 Å². The zero-order valence-corrected chi connectivity index (χ0v) is 12.2. The molecule has 5 heteroatoms. The highest BCUT2D eigenvalue weighted by Gasteiger charge is 2.13. The number of nitrogens with two attached hydrogens (primary N) is 1. The number of ether oxygens (including phenoxy) is 1. The summed E-state index contributed by atoms with van der Waals surface area (Å²) in [6.07, 6.45) is 2.60. The number of hydrogen-bond acceptors (Lipinski definition) is 4. The van der Waals surface area contributed by atoms with Crippen LogP contribution in [0.2, 0.25) is 0 Å². The fourth-order valence-electron chi connectivity index (χ4n) is 2.06. The van der Waals surface area contributed by atoms with E-state index in [0.29, 0.717) is 18.9 Å². The third kappa shape index (κ3) is 4.83. The highest BCUT2D eigenvalue weighted by atomic mass is 16.5. The number of aryl methyl sites for hydroxylation is 1. The summed E-state index contributed by atoms with van der Waals surface area (Å²) < 4.78 is 5.72. The Hall–Kier alpha value is -1.59. The van der Waals surface area contributed by atoms with Gasteiger partial charge in [-0.2, -0.15) is 0 Å². The minimum atomic E-state index is -0.932. The number of benzene rings is 1. The molecule has 1 aromatic carbocycles. The molecule has 0 spiro atoms. The average Bonchev–Trinajstić information content (AvgIpc) is 2.41. The predicted molar refractivity (Wildman–Crippen MR) is 79.6 cm³/mol. The number of carbonyl (C=O) groups is 1. The number of aromatic carboxylic acids is 1. The van der Waals surface area contributed by atoms with Gasteiger partial charge >= 0.3 is 5.97 Å². The maximum absolute atomic E-state index is 11.1. The Bertz CT molecular complexity index is 447. The largest absolute Gasteiger partial charge is 0.493 e. The van der Waals surface area contributed by atoms with Gasteiger partial charge in [-0.15, -0.1) is 0 Å². The summed E-state index contributed by atoms with van der Waals surface area (Å²) in [5.74, 6) is -0.259. The summed E-state index contributed by atoms with van der Waals surface area (Å²) in [7, 11) is 1.92. The molecule has 0 aliphatic rings. The predicted octanol–water partition coefficient (Wildman–Crippen LogP) is 1.57. The van der Waals surface area contributed by atoms with Crippen LogP contribution in [-0.4, -0.2) is 37.8 Å². The quantitative estimate of drug-likeness (QED) is 0.598. The van der Waals surface area contributed by atoms with E-state index in [9.17, 15) is 4.79 Å². The zero-order valence-electron chi connectivity index (χ0n) is 12.2. The molecule has 0 bridgehead atoms. The van der Waals surface area contributed by atoms with Gasteiger partial charge in [-0.05, 0) is 69.6 Å². The van der Waals surface area contributed by atoms with Gasteiger partial charge in [0.25, 0.3) is 0 Å². The third-order valence-electron chi connectivity index (χ3n) is 3.14. The van der Waals surface area contributed by atoms with E-state index in [1.807, 2.05) is 14.0 Å². The van der Waals surface area contributed by atoms with Crippen LogP contribution in [-0.2, 0) is 6.42 Å². The van der Waals surface area contributed by atoms with E-state index in [1.54, 1.807) is 12.1 Å². The van der Waals surface area contributed by atoms with Crippen molar-refractivity contribution in [3.63, 3.8) is 0 Å². The molecular weight excluding hydrogens is 256 g/mol. The van der Waals surface area contributed by atoms with Gasteiger partial charge in [0.15, 0.2) is 0 Å². The van der Waals surface area contributed by atoms with E-state index in [-0.39, 0.29) is 5.56 Å². The number of carboxylic acid groups (broad SMARTS) is 1. The highest BCUT2D eigenvalue weighted by molar-refractivity contribution is 5.88. The number of hydrogen-bond donors (Lipinski definition) is 3. The van der Waals surface area contributed by atoms with E-state index < -0.39 is 5.97 Å². The third-order valence-corrected chi connectivity index (χ3v) is 3.14. The van der Waals surface area contributed by atoms with Gasteiger partial charge in [0.05, 0.1) is 12.2 Å². The van der Waals surface area contributed by atoms with Gasteiger partial charge in [0.1, 0.15) is 5.75 Å². The zero-order chi connectivity index (χ0) is 15.0. The molecule has 4 N–H and O–H groups in total. The van der Waals surface area contributed by atoms with E-state index in [0.717, 1.165) is 36.9 Å². The Kier molecular flexibility index (Phi) is 7.04. The maximum atomic E-state index is 11.1. The second kappa shape index (κ2) is 8.55. The van der Waals surface area contributed by atoms with Crippen molar-refractivity contribution in [2.75, 3.05) is 26.7 Å². The van der Waals surface area contributed by atoms with Crippen molar-refractivity contribution >= 4 is 5.97 Å². The van der Waals surface area contributed by atoms with Crippen molar-refractivity contribution < 1.29 is 14.6 Å². The van der Waals surface area contributed by atoms with Crippen molar-refractivity contribution in [2.24, 2.45) is 5.73 Å². The minimum Gasteiger partial charge on any atom is -0.493 e. The number of carboxylic acids is 1. The lowest BCUT2D eigenvalue weighted by atomic mass is 9.99. The molecule has 0 fully saturated rings. The molecule has 0 aliphatic carbocycles. The van der Waals surface area contributed by atoms with Gasteiger partial charge in [-0.25, -0.2) is 4.79 Å². The van der Waals surface area contributed by atoms with Crippen LogP contribution in [0.1, 0.15) is 34.3 Å². The smallest absolute Gasteiger partial charge is 0.335 e. The van der Waals surface area contributed by atoms with E-state index in [2.05, 4.69) is 5.32 Å². The van der Waals surface area contributed by atoms with Crippen LogP contribution >= 0.6 is 0 Å². The monoisotopic (exact) mass is 280 g/mol. The minimum absolute atomic E-state index is 0.266. The molecule has 0 heterocycles. The lowest BCUT2D eigenvalue weighted by Gasteiger charge is -2.15. The molecule has 0 aromatic heterocycles. The van der Waals surface area contributed by atoms with Gasteiger partial charge in [-0.3, -0.25) is 0 Å². The van der Waals surface area contributed by atoms with Gasteiger partial charge in [-0.1, -0.05) is 0 Å². The molecule has 0 aliphatic heterocycles. The Morgan fingerprint density at radius 1 is 1.40 bits per heavy atom. The van der Waals surface area contributed by atoms with Crippen molar-refractivity contribution in [1.29, 1.82) is 0 Å². The number of rotatable bonds is 9. The van der Waals surface area contributed by atoms with E-state index in [1.165, 1.54) is 0 Å². The molecule has 0 unspecified atom stereocenters. The molecule has 0 radical (unpaired) electrons. The summed E-state index contributed by atoms with van der Waals surface area (Å²) in [5, 5.41) is 12.2. The second-order valence-electron chi connectivity index (χ2n) is 4.77. The van der Waals surface area contributed by atoms with Crippen molar-refractivity contribution in [3.05, 3.63) is 28.8 Å². The SMILES string of the molecule is CNCCCc1c(C)cc(C(=O)O)cc1OCCCN. The van der Waals surface area contributed by atoms with Crippen LogP contribution in [0.25, 0.3) is 0 Å². The first-order valence-corrected chi connectivity index (χ1v) is 6.94. The summed E-state index contributed by atoms with van der Waals surface area (Å²) >= 11 is 0. The molecule has 112 valence electrons. The Morgan fingerprint density at radius 2 is 2.15 bits per heavy atom. The summed E-state index contributed by atoms with van der Waals surface area (Å²) in [6, 6.07) is 3.31. The van der Waals surface area contributed by atoms with E-state index >= 15 is 0 Å². The van der Waals surface area contributed by atoms with Crippen molar-refractivity contribution in [2.45, 2.75) is 26.2 Å². The van der Waals surface area contributed by atoms with Crippen LogP contribution in [0.15, 0.2) is 12.1 Å². The normalized spacial score (nSPS) is 10.6. The maximum Gasteiger partial charge on any atom is 0.335 e. The van der Waals surface area contributed by atoms with Crippen LogP contribution in [0, 0.1) is 6.92 Å². The molecule has 0 saturated carbocycles. The Balaban J connectivity index is 2.95. The van der Waals surface area contributed by atoms with Gasteiger partial charge in [0.2, 0.25) is 0 Å². The fourth-order valence-corrected chi connectivity index (χ4v) is 2.06. The van der Waals surface area contributed by atoms with E-state index in [4.69, 9.17) is 15.6 Å².